The third kappa shape index (κ3) is 3.91. The van der Waals surface area contributed by atoms with Crippen molar-refractivity contribution in [2.24, 2.45) is 0 Å². The van der Waals surface area contributed by atoms with Crippen LogP contribution in [0.3, 0.4) is 0 Å². The highest BCUT2D eigenvalue weighted by molar-refractivity contribution is 7.20. The lowest BCUT2D eigenvalue weighted by atomic mass is 10.2. The van der Waals surface area contributed by atoms with Crippen LogP contribution < -0.4 is 5.32 Å². The van der Waals surface area contributed by atoms with Gasteiger partial charge >= 0.3 is 5.97 Å². The number of aryl methyl sites for hydroxylation is 1. The van der Waals surface area contributed by atoms with Crippen LogP contribution in [0.5, 0.6) is 0 Å². The number of hydrogen-bond acceptors (Lipinski definition) is 5. The lowest BCUT2D eigenvalue weighted by Gasteiger charge is -2.11. The molecule has 2 heterocycles. The molecule has 28 heavy (non-hydrogen) atoms. The predicted molar refractivity (Wildman–Crippen MR) is 109 cm³/mol. The molecule has 1 aliphatic carbocycles. The molecule has 8 heteroatoms. The largest absolute Gasteiger partial charge is 0.451 e. The third-order valence-electron chi connectivity index (χ3n) is 4.87. The number of rotatable bonds is 5. The van der Waals surface area contributed by atoms with Gasteiger partial charge < -0.3 is 10.1 Å². The van der Waals surface area contributed by atoms with Gasteiger partial charge in [0, 0.05) is 16.5 Å². The molecule has 0 aliphatic heterocycles. The minimum atomic E-state index is -0.496. The van der Waals surface area contributed by atoms with E-state index in [1.54, 1.807) is 22.9 Å². The molecular weight excluding hydrogens is 398 g/mol. The van der Waals surface area contributed by atoms with Gasteiger partial charge in [-0.2, -0.15) is 5.10 Å². The Kier molecular flexibility index (Phi) is 5.37. The van der Waals surface area contributed by atoms with Gasteiger partial charge in [-0.3, -0.25) is 4.79 Å². The van der Waals surface area contributed by atoms with E-state index in [-0.39, 0.29) is 18.6 Å². The molecule has 0 radical (unpaired) electrons. The minimum absolute atomic E-state index is 0.212. The monoisotopic (exact) mass is 417 g/mol. The maximum Gasteiger partial charge on any atom is 0.348 e. The van der Waals surface area contributed by atoms with Gasteiger partial charge in [0.2, 0.25) is 0 Å². The number of benzene rings is 1. The molecule has 2 aromatic heterocycles. The smallest absolute Gasteiger partial charge is 0.348 e. The van der Waals surface area contributed by atoms with Crippen LogP contribution in [0.1, 0.15) is 41.0 Å². The van der Waals surface area contributed by atoms with E-state index >= 15 is 0 Å². The molecule has 1 aromatic carbocycles. The summed E-state index contributed by atoms with van der Waals surface area (Å²) in [5.41, 5.74) is 1.68. The number of aromatic nitrogens is 2. The molecule has 146 valence electrons. The Morgan fingerprint density at radius 3 is 2.71 bits per heavy atom. The molecule has 0 unspecified atom stereocenters. The van der Waals surface area contributed by atoms with E-state index in [9.17, 15) is 9.59 Å². The van der Waals surface area contributed by atoms with Crippen molar-refractivity contribution in [3.8, 4) is 5.69 Å². The molecule has 3 aromatic rings. The second-order valence-corrected chi connectivity index (χ2v) is 8.40. The number of amides is 1. The molecule has 1 amide bonds. The summed E-state index contributed by atoms with van der Waals surface area (Å²) in [6.45, 7) is 1.64. The number of carbonyl (C=O) groups excluding carboxylic acids is 2. The summed E-state index contributed by atoms with van der Waals surface area (Å²) < 4.78 is 7.00. The number of thiophene rings is 1. The Morgan fingerprint density at radius 1 is 1.29 bits per heavy atom. The van der Waals surface area contributed by atoms with Crippen LogP contribution in [0.25, 0.3) is 15.9 Å². The van der Waals surface area contributed by atoms with Crippen LogP contribution in [0, 0.1) is 6.92 Å². The summed E-state index contributed by atoms with van der Waals surface area (Å²) in [6, 6.07) is 9.32. The zero-order valence-electron chi connectivity index (χ0n) is 15.4. The van der Waals surface area contributed by atoms with Gasteiger partial charge in [0.25, 0.3) is 5.91 Å². The summed E-state index contributed by atoms with van der Waals surface area (Å²) >= 11 is 7.26. The van der Waals surface area contributed by atoms with Gasteiger partial charge in [-0.15, -0.1) is 11.3 Å². The molecule has 0 spiro atoms. The fraction of sp³-hybridized carbons (Fsp3) is 0.350. The Labute approximate surface area is 171 Å². The van der Waals surface area contributed by atoms with Gasteiger partial charge in [-0.1, -0.05) is 24.4 Å². The summed E-state index contributed by atoms with van der Waals surface area (Å²) in [6.07, 6.45) is 4.26. The van der Waals surface area contributed by atoms with Gasteiger partial charge in [0.1, 0.15) is 9.71 Å². The van der Waals surface area contributed by atoms with E-state index in [0.717, 1.165) is 47.3 Å². The van der Waals surface area contributed by atoms with E-state index in [1.807, 2.05) is 19.1 Å². The quantitative estimate of drug-likeness (QED) is 0.629. The first-order chi connectivity index (χ1) is 13.5. The van der Waals surface area contributed by atoms with Crippen LogP contribution in [0.2, 0.25) is 5.02 Å². The Hall–Kier alpha value is -2.38. The number of halogens is 1. The summed E-state index contributed by atoms with van der Waals surface area (Å²) in [5.74, 6) is -0.741. The highest BCUT2D eigenvalue weighted by Crippen LogP contribution is 2.31. The van der Waals surface area contributed by atoms with Crippen molar-refractivity contribution in [2.45, 2.75) is 38.6 Å². The first-order valence-electron chi connectivity index (χ1n) is 9.23. The van der Waals surface area contributed by atoms with E-state index in [4.69, 9.17) is 16.3 Å². The van der Waals surface area contributed by atoms with Crippen LogP contribution >= 0.6 is 22.9 Å². The van der Waals surface area contributed by atoms with Crippen LogP contribution in [0.4, 0.5) is 0 Å². The van der Waals surface area contributed by atoms with Crippen molar-refractivity contribution < 1.29 is 14.3 Å². The van der Waals surface area contributed by atoms with E-state index in [1.165, 1.54) is 11.3 Å². The van der Waals surface area contributed by atoms with Crippen molar-refractivity contribution in [1.82, 2.24) is 15.1 Å². The summed E-state index contributed by atoms with van der Waals surface area (Å²) in [4.78, 5) is 25.7. The lowest BCUT2D eigenvalue weighted by Crippen LogP contribution is -2.35. The van der Waals surface area contributed by atoms with Crippen molar-refractivity contribution >= 4 is 45.0 Å². The standard InChI is InChI=1S/C20H20ClN3O3S/c1-12-16-10-17(20(26)27-11-18(25)22-14-4-2-3-5-14)28-19(16)24(23-12)15-8-6-13(21)7-9-15/h6-10,14H,2-5,11H2,1H3,(H,22,25). The van der Waals surface area contributed by atoms with Crippen molar-refractivity contribution in [3.63, 3.8) is 0 Å². The van der Waals surface area contributed by atoms with E-state index < -0.39 is 5.97 Å². The molecule has 1 saturated carbocycles. The Balaban J connectivity index is 1.48. The van der Waals surface area contributed by atoms with Crippen molar-refractivity contribution in [1.29, 1.82) is 0 Å². The normalized spacial score (nSPS) is 14.5. The molecule has 0 atom stereocenters. The van der Waals surface area contributed by atoms with Crippen LogP contribution in [-0.4, -0.2) is 34.3 Å². The first-order valence-corrected chi connectivity index (χ1v) is 10.4. The molecule has 1 fully saturated rings. The summed E-state index contributed by atoms with van der Waals surface area (Å²) in [7, 11) is 0. The fourth-order valence-corrected chi connectivity index (χ4v) is 4.65. The van der Waals surface area contributed by atoms with Gasteiger partial charge in [-0.25, -0.2) is 9.48 Å². The molecule has 0 saturated heterocycles. The average Bonchev–Trinajstić information content (AvgIpc) is 3.39. The maximum absolute atomic E-state index is 12.4. The molecular formula is C20H20ClN3O3S. The molecule has 6 nitrogen and oxygen atoms in total. The second-order valence-electron chi connectivity index (χ2n) is 6.93. The van der Waals surface area contributed by atoms with Crippen LogP contribution in [0.15, 0.2) is 30.3 Å². The zero-order chi connectivity index (χ0) is 19.7. The van der Waals surface area contributed by atoms with Gasteiger partial charge in [-0.05, 0) is 50.1 Å². The van der Waals surface area contributed by atoms with Crippen molar-refractivity contribution in [2.75, 3.05) is 6.61 Å². The number of ether oxygens (including phenoxy) is 1. The molecule has 0 bridgehead atoms. The number of nitrogens with one attached hydrogen (secondary N) is 1. The predicted octanol–water partition coefficient (Wildman–Crippen LogP) is 4.26. The topological polar surface area (TPSA) is 73.2 Å². The summed E-state index contributed by atoms with van der Waals surface area (Å²) in [5, 5.41) is 9.00. The van der Waals surface area contributed by atoms with E-state index in [0.29, 0.717) is 9.90 Å². The van der Waals surface area contributed by atoms with Gasteiger partial charge in [0.15, 0.2) is 6.61 Å². The third-order valence-corrected chi connectivity index (χ3v) is 6.21. The average molecular weight is 418 g/mol. The number of hydrogen-bond donors (Lipinski definition) is 1. The fourth-order valence-electron chi connectivity index (χ4n) is 3.45. The SMILES string of the molecule is Cc1nn(-c2ccc(Cl)cc2)c2sc(C(=O)OCC(=O)NC3CCCC3)cc12. The molecule has 1 N–H and O–H groups in total. The second kappa shape index (κ2) is 7.93. The highest BCUT2D eigenvalue weighted by Gasteiger charge is 2.21. The van der Waals surface area contributed by atoms with Crippen molar-refractivity contribution in [3.05, 3.63) is 45.9 Å². The maximum atomic E-state index is 12.4. The number of esters is 1. The Morgan fingerprint density at radius 2 is 2.00 bits per heavy atom. The number of fused-ring (bicyclic) bond motifs is 1. The van der Waals surface area contributed by atoms with Crippen LogP contribution in [-0.2, 0) is 9.53 Å². The lowest BCUT2D eigenvalue weighted by molar-refractivity contribution is -0.124. The van der Waals surface area contributed by atoms with E-state index in [2.05, 4.69) is 10.4 Å². The first kappa shape index (κ1) is 19.0. The molecule has 1 aliphatic rings. The van der Waals surface area contributed by atoms with Gasteiger partial charge in [0.05, 0.1) is 11.4 Å². The molecule has 4 rings (SSSR count). The highest BCUT2D eigenvalue weighted by atomic mass is 35.5. The number of nitrogens with zero attached hydrogens (tertiary/aromatic N) is 2. The Bertz CT molecular complexity index is 1020. The minimum Gasteiger partial charge on any atom is -0.451 e. The number of carbonyl (C=O) groups is 2. The zero-order valence-corrected chi connectivity index (χ0v) is 17.0.